The van der Waals surface area contributed by atoms with Crippen molar-refractivity contribution in [3.05, 3.63) is 15.8 Å². The maximum absolute atomic E-state index is 11.1. The summed E-state index contributed by atoms with van der Waals surface area (Å²) in [5.74, 6) is 5.34. The van der Waals surface area contributed by atoms with Crippen LogP contribution in [0.5, 0.6) is 5.88 Å². The smallest absolute Gasteiger partial charge is 0.352 e. The van der Waals surface area contributed by atoms with Crippen molar-refractivity contribution in [3.63, 3.8) is 0 Å². The minimum atomic E-state index is -0.528. The molecule has 2 heterocycles. The van der Waals surface area contributed by atoms with E-state index in [-0.39, 0.29) is 29.3 Å². The number of hydrogen-bond acceptors (Lipinski definition) is 8. The highest BCUT2D eigenvalue weighted by Gasteiger charge is 2.27. The van der Waals surface area contributed by atoms with Crippen molar-refractivity contribution in [2.75, 3.05) is 25.6 Å². The van der Waals surface area contributed by atoms with Crippen LogP contribution < -0.4 is 16.0 Å². The molecular formula is C11H18N6O3. The van der Waals surface area contributed by atoms with Crippen LogP contribution in [0.3, 0.4) is 0 Å². The van der Waals surface area contributed by atoms with Crippen LogP contribution in [0.25, 0.3) is 0 Å². The second-order valence-electron chi connectivity index (χ2n) is 4.81. The molecule has 0 bridgehead atoms. The SMILES string of the molecule is Cc1nc(NN)nc(OC2CCN(C)CC2)c1[N+](=O)[O-]. The summed E-state index contributed by atoms with van der Waals surface area (Å²) < 4.78 is 5.70. The molecule has 110 valence electrons. The van der Waals surface area contributed by atoms with Crippen LogP contribution in [-0.2, 0) is 0 Å². The summed E-state index contributed by atoms with van der Waals surface area (Å²) in [5.41, 5.74) is 2.30. The van der Waals surface area contributed by atoms with Crippen molar-refractivity contribution in [2.24, 2.45) is 5.84 Å². The summed E-state index contributed by atoms with van der Waals surface area (Å²) in [5, 5.41) is 11.1. The number of hydrazine groups is 1. The highest BCUT2D eigenvalue weighted by atomic mass is 16.6. The third-order valence-electron chi connectivity index (χ3n) is 3.28. The van der Waals surface area contributed by atoms with Gasteiger partial charge in [-0.15, -0.1) is 0 Å². The molecule has 0 amide bonds. The third kappa shape index (κ3) is 3.11. The van der Waals surface area contributed by atoms with Crippen molar-refractivity contribution in [3.8, 4) is 5.88 Å². The number of rotatable bonds is 4. The molecule has 1 aromatic rings. The van der Waals surface area contributed by atoms with Gasteiger partial charge >= 0.3 is 5.69 Å². The van der Waals surface area contributed by atoms with Gasteiger partial charge in [0, 0.05) is 13.1 Å². The normalized spacial score (nSPS) is 16.9. The van der Waals surface area contributed by atoms with E-state index in [1.165, 1.54) is 6.92 Å². The molecule has 2 rings (SSSR count). The van der Waals surface area contributed by atoms with Crippen LogP contribution in [0.2, 0.25) is 0 Å². The van der Waals surface area contributed by atoms with E-state index >= 15 is 0 Å². The second-order valence-corrected chi connectivity index (χ2v) is 4.81. The Morgan fingerprint density at radius 3 is 2.65 bits per heavy atom. The van der Waals surface area contributed by atoms with Crippen molar-refractivity contribution >= 4 is 11.6 Å². The fourth-order valence-electron chi connectivity index (χ4n) is 2.16. The van der Waals surface area contributed by atoms with Gasteiger partial charge in [0.2, 0.25) is 5.95 Å². The predicted molar refractivity (Wildman–Crippen MR) is 72.4 cm³/mol. The first-order valence-electron chi connectivity index (χ1n) is 6.36. The fraction of sp³-hybridized carbons (Fsp3) is 0.636. The fourth-order valence-corrected chi connectivity index (χ4v) is 2.16. The van der Waals surface area contributed by atoms with E-state index in [9.17, 15) is 10.1 Å². The highest BCUT2D eigenvalue weighted by molar-refractivity contribution is 5.48. The van der Waals surface area contributed by atoms with Gasteiger partial charge in [-0.05, 0) is 26.8 Å². The van der Waals surface area contributed by atoms with Gasteiger partial charge in [-0.25, -0.2) is 10.8 Å². The van der Waals surface area contributed by atoms with Gasteiger partial charge in [0.25, 0.3) is 5.88 Å². The molecule has 20 heavy (non-hydrogen) atoms. The molecular weight excluding hydrogens is 264 g/mol. The largest absolute Gasteiger partial charge is 0.469 e. The van der Waals surface area contributed by atoms with Gasteiger partial charge in [-0.1, -0.05) is 0 Å². The molecule has 3 N–H and O–H groups in total. The quantitative estimate of drug-likeness (QED) is 0.464. The number of nitrogen functional groups attached to an aromatic ring is 1. The Morgan fingerprint density at radius 2 is 2.10 bits per heavy atom. The lowest BCUT2D eigenvalue weighted by Crippen LogP contribution is -2.36. The maximum Gasteiger partial charge on any atom is 0.352 e. The lowest BCUT2D eigenvalue weighted by atomic mass is 10.1. The standard InChI is InChI=1S/C11H18N6O3/c1-7-9(17(18)19)10(14-11(13-7)15-12)20-8-3-5-16(2)6-4-8/h8H,3-6,12H2,1-2H3,(H,13,14,15). The van der Waals surface area contributed by atoms with Gasteiger partial charge < -0.3 is 9.64 Å². The number of anilines is 1. The summed E-state index contributed by atoms with van der Waals surface area (Å²) in [6.07, 6.45) is 1.54. The Hall–Kier alpha value is -2.00. The van der Waals surface area contributed by atoms with E-state index in [1.807, 2.05) is 7.05 Å². The van der Waals surface area contributed by atoms with E-state index in [2.05, 4.69) is 20.3 Å². The van der Waals surface area contributed by atoms with Crippen LogP contribution in [0.15, 0.2) is 0 Å². The summed E-state index contributed by atoms with van der Waals surface area (Å²) >= 11 is 0. The molecule has 0 aromatic carbocycles. The first-order chi connectivity index (χ1) is 9.51. The number of nitro groups is 1. The molecule has 1 aliphatic heterocycles. The van der Waals surface area contributed by atoms with Crippen molar-refractivity contribution in [2.45, 2.75) is 25.9 Å². The molecule has 0 radical (unpaired) electrons. The number of hydrogen-bond donors (Lipinski definition) is 2. The number of ether oxygens (including phenoxy) is 1. The number of nitrogens with zero attached hydrogens (tertiary/aromatic N) is 4. The lowest BCUT2D eigenvalue weighted by Gasteiger charge is -2.28. The molecule has 0 aliphatic carbocycles. The summed E-state index contributed by atoms with van der Waals surface area (Å²) in [6, 6.07) is 0. The third-order valence-corrected chi connectivity index (χ3v) is 3.28. The average molecular weight is 282 g/mol. The Kier molecular flexibility index (Phi) is 4.30. The Bertz CT molecular complexity index is 501. The summed E-state index contributed by atoms with van der Waals surface area (Å²) in [6.45, 7) is 3.32. The topological polar surface area (TPSA) is 119 Å². The van der Waals surface area contributed by atoms with Crippen molar-refractivity contribution in [1.82, 2.24) is 14.9 Å². The lowest BCUT2D eigenvalue weighted by molar-refractivity contribution is -0.387. The summed E-state index contributed by atoms with van der Waals surface area (Å²) in [4.78, 5) is 20.6. The molecule has 0 saturated carbocycles. The first kappa shape index (κ1) is 14.4. The number of likely N-dealkylation sites (tertiary alicyclic amines) is 1. The van der Waals surface area contributed by atoms with Crippen LogP contribution in [0.1, 0.15) is 18.5 Å². The molecule has 1 aliphatic rings. The minimum Gasteiger partial charge on any atom is -0.469 e. The molecule has 1 aromatic heterocycles. The zero-order valence-corrected chi connectivity index (χ0v) is 11.5. The van der Waals surface area contributed by atoms with Crippen LogP contribution in [0.4, 0.5) is 11.6 Å². The zero-order valence-electron chi connectivity index (χ0n) is 11.5. The van der Waals surface area contributed by atoms with Crippen molar-refractivity contribution < 1.29 is 9.66 Å². The Morgan fingerprint density at radius 1 is 1.45 bits per heavy atom. The van der Waals surface area contributed by atoms with Crippen LogP contribution in [-0.4, -0.2) is 46.0 Å². The van der Waals surface area contributed by atoms with Gasteiger partial charge in [-0.3, -0.25) is 15.5 Å². The van der Waals surface area contributed by atoms with E-state index in [4.69, 9.17) is 10.6 Å². The number of aryl methyl sites for hydroxylation is 1. The first-order valence-corrected chi connectivity index (χ1v) is 6.36. The molecule has 0 spiro atoms. The van der Waals surface area contributed by atoms with Gasteiger partial charge in [0.05, 0.1) is 4.92 Å². The minimum absolute atomic E-state index is 0.0231. The molecule has 9 nitrogen and oxygen atoms in total. The van der Waals surface area contributed by atoms with E-state index in [1.54, 1.807) is 0 Å². The van der Waals surface area contributed by atoms with Gasteiger partial charge in [0.1, 0.15) is 11.8 Å². The second kappa shape index (κ2) is 5.97. The van der Waals surface area contributed by atoms with E-state index in [0.717, 1.165) is 25.9 Å². The maximum atomic E-state index is 11.1. The molecule has 9 heteroatoms. The highest BCUT2D eigenvalue weighted by Crippen LogP contribution is 2.30. The molecule has 0 atom stereocenters. The van der Waals surface area contributed by atoms with Crippen LogP contribution in [0, 0.1) is 17.0 Å². The summed E-state index contributed by atoms with van der Waals surface area (Å²) in [7, 11) is 2.03. The monoisotopic (exact) mass is 282 g/mol. The number of nitrogens with two attached hydrogens (primary N) is 1. The van der Waals surface area contributed by atoms with Crippen LogP contribution >= 0.6 is 0 Å². The molecule has 1 saturated heterocycles. The van der Waals surface area contributed by atoms with E-state index < -0.39 is 4.92 Å². The number of piperidine rings is 1. The van der Waals surface area contributed by atoms with Crippen molar-refractivity contribution in [1.29, 1.82) is 0 Å². The van der Waals surface area contributed by atoms with Gasteiger partial charge in [0.15, 0.2) is 0 Å². The molecule has 1 fully saturated rings. The average Bonchev–Trinajstić information content (AvgIpc) is 2.40. The zero-order chi connectivity index (χ0) is 14.7. The Balaban J connectivity index is 2.24. The molecule has 0 unspecified atom stereocenters. The Labute approximate surface area is 116 Å². The number of aromatic nitrogens is 2. The number of nitrogens with one attached hydrogen (secondary N) is 1. The van der Waals surface area contributed by atoms with Gasteiger partial charge in [-0.2, -0.15) is 4.98 Å². The predicted octanol–water partition coefficient (Wildman–Crippen LogP) is 0.452. The van der Waals surface area contributed by atoms with E-state index in [0.29, 0.717) is 0 Å².